The summed E-state index contributed by atoms with van der Waals surface area (Å²) < 4.78 is 16.5. The van der Waals surface area contributed by atoms with Crippen molar-refractivity contribution in [3.63, 3.8) is 0 Å². The lowest BCUT2D eigenvalue weighted by Crippen LogP contribution is -2.43. The zero-order valence-corrected chi connectivity index (χ0v) is 18.0. The number of methoxy groups -OCH3 is 2. The van der Waals surface area contributed by atoms with Crippen LogP contribution in [0.25, 0.3) is 0 Å². The SMILES string of the molecule is C=NC(=NC(=NC)Nc1ccc2c(n1)NC(O)C1(CC1)O2)Nc1ccc(OC)c(OC)c1. The first-order valence-corrected chi connectivity index (χ1v) is 9.93. The topological polar surface area (TPSA) is 134 Å². The van der Waals surface area contributed by atoms with Crippen LogP contribution < -0.4 is 30.2 Å². The number of nitrogens with one attached hydrogen (secondary N) is 3. The normalized spacial score (nSPS) is 18.7. The average molecular weight is 439 g/mol. The van der Waals surface area contributed by atoms with Gasteiger partial charge >= 0.3 is 0 Å². The predicted octanol–water partition coefficient (Wildman–Crippen LogP) is 2.32. The minimum atomic E-state index is -0.794. The summed E-state index contributed by atoms with van der Waals surface area (Å²) in [5.41, 5.74) is 0.158. The number of guanidine groups is 2. The average Bonchev–Trinajstić information content (AvgIpc) is 3.59. The molecule has 1 fully saturated rings. The highest BCUT2D eigenvalue weighted by Crippen LogP contribution is 2.48. The molecule has 1 aliphatic carbocycles. The Morgan fingerprint density at radius 2 is 1.97 bits per heavy atom. The van der Waals surface area contributed by atoms with Gasteiger partial charge in [-0.15, -0.1) is 0 Å². The molecule has 32 heavy (non-hydrogen) atoms. The molecule has 2 heterocycles. The maximum Gasteiger partial charge on any atom is 0.229 e. The van der Waals surface area contributed by atoms with Crippen molar-refractivity contribution in [1.29, 1.82) is 0 Å². The minimum Gasteiger partial charge on any atom is -0.493 e. The van der Waals surface area contributed by atoms with Gasteiger partial charge in [0.25, 0.3) is 0 Å². The first-order valence-electron chi connectivity index (χ1n) is 9.93. The molecule has 2 aromatic rings. The molecule has 168 valence electrons. The fourth-order valence-electron chi connectivity index (χ4n) is 3.23. The van der Waals surface area contributed by atoms with Gasteiger partial charge in [0.05, 0.1) is 14.2 Å². The number of aliphatic hydroxyl groups is 1. The summed E-state index contributed by atoms with van der Waals surface area (Å²) in [5.74, 6) is 3.16. The number of pyridine rings is 1. The molecule has 4 rings (SSSR count). The number of aromatic nitrogens is 1. The standard InChI is InChI=1S/C21H25N7O4/c1-22-19(24-12-5-6-13(30-3)15(11-12)31-4)28-20(23-2)26-16-8-7-14-17(25-16)27-18(29)21(32-14)9-10-21/h5-8,11,18,29H,1,9-10H2,2-4H3,(H3,23,24,25,26,27,28). The largest absolute Gasteiger partial charge is 0.493 e. The summed E-state index contributed by atoms with van der Waals surface area (Å²) in [6.07, 6.45) is 0.830. The predicted molar refractivity (Wildman–Crippen MR) is 124 cm³/mol. The maximum atomic E-state index is 10.2. The van der Waals surface area contributed by atoms with Gasteiger partial charge in [-0.05, 0) is 43.8 Å². The Morgan fingerprint density at radius 1 is 1.19 bits per heavy atom. The number of aliphatic hydroxyl groups excluding tert-OH is 1. The van der Waals surface area contributed by atoms with Crippen LogP contribution in [-0.4, -0.2) is 61.8 Å². The Bertz CT molecular complexity index is 1080. The second-order valence-electron chi connectivity index (χ2n) is 7.22. The van der Waals surface area contributed by atoms with Crippen LogP contribution >= 0.6 is 0 Å². The molecule has 1 unspecified atom stereocenters. The van der Waals surface area contributed by atoms with E-state index in [-0.39, 0.29) is 11.9 Å². The van der Waals surface area contributed by atoms with Crippen molar-refractivity contribution in [2.75, 3.05) is 37.2 Å². The molecular weight excluding hydrogens is 414 g/mol. The van der Waals surface area contributed by atoms with E-state index in [2.05, 4.69) is 42.6 Å². The van der Waals surface area contributed by atoms with Crippen LogP contribution in [0.2, 0.25) is 0 Å². The number of rotatable bonds is 4. The van der Waals surface area contributed by atoms with Gasteiger partial charge in [0.1, 0.15) is 5.82 Å². The summed E-state index contributed by atoms with van der Waals surface area (Å²) >= 11 is 0. The smallest absolute Gasteiger partial charge is 0.229 e. The van der Waals surface area contributed by atoms with Crippen LogP contribution in [-0.2, 0) is 0 Å². The Labute approximate surface area is 185 Å². The molecule has 0 saturated heterocycles. The third-order valence-electron chi connectivity index (χ3n) is 5.14. The van der Waals surface area contributed by atoms with Crippen molar-refractivity contribution in [2.24, 2.45) is 15.0 Å². The summed E-state index contributed by atoms with van der Waals surface area (Å²) in [4.78, 5) is 16.9. The molecule has 11 nitrogen and oxygen atoms in total. The molecule has 1 aromatic carbocycles. The lowest BCUT2D eigenvalue weighted by atomic mass is 10.2. The first kappa shape index (κ1) is 21.4. The minimum absolute atomic E-state index is 0.218. The monoisotopic (exact) mass is 439 g/mol. The highest BCUT2D eigenvalue weighted by Gasteiger charge is 2.55. The van der Waals surface area contributed by atoms with Crippen LogP contribution in [0.4, 0.5) is 17.3 Å². The van der Waals surface area contributed by atoms with E-state index in [0.717, 1.165) is 12.8 Å². The fourth-order valence-corrected chi connectivity index (χ4v) is 3.23. The zero-order valence-electron chi connectivity index (χ0n) is 18.0. The van der Waals surface area contributed by atoms with Crippen molar-refractivity contribution < 1.29 is 19.3 Å². The number of nitrogens with zero attached hydrogens (tertiary/aromatic N) is 4. The molecule has 4 N–H and O–H groups in total. The molecule has 2 aliphatic rings. The van der Waals surface area contributed by atoms with Gasteiger partial charge in [-0.1, -0.05) is 0 Å². The molecule has 11 heteroatoms. The molecule has 1 atom stereocenters. The van der Waals surface area contributed by atoms with Crippen molar-refractivity contribution >= 4 is 36.0 Å². The molecule has 1 aliphatic heterocycles. The summed E-state index contributed by atoms with van der Waals surface area (Å²) in [6.45, 7) is 3.56. The third kappa shape index (κ3) is 4.28. The number of fused-ring (bicyclic) bond motifs is 1. The number of hydrogen-bond acceptors (Lipinski definition) is 7. The Hall–Kier alpha value is -3.86. The molecular formula is C21H25N7O4. The fraction of sp³-hybridized carbons (Fsp3) is 0.333. The van der Waals surface area contributed by atoms with Crippen molar-refractivity contribution in [2.45, 2.75) is 24.7 Å². The Balaban J connectivity index is 1.48. The van der Waals surface area contributed by atoms with Gasteiger partial charge in [0.15, 0.2) is 34.9 Å². The van der Waals surface area contributed by atoms with E-state index >= 15 is 0 Å². The third-order valence-corrected chi connectivity index (χ3v) is 5.14. The van der Waals surface area contributed by atoms with Crippen LogP contribution in [0.15, 0.2) is 45.3 Å². The number of anilines is 3. The van der Waals surface area contributed by atoms with Crippen molar-refractivity contribution in [3.05, 3.63) is 30.3 Å². The van der Waals surface area contributed by atoms with Crippen molar-refractivity contribution in [1.82, 2.24) is 4.98 Å². The van der Waals surface area contributed by atoms with Gasteiger partial charge in [-0.25, -0.2) is 9.98 Å². The van der Waals surface area contributed by atoms with Crippen LogP contribution in [0.3, 0.4) is 0 Å². The molecule has 1 saturated carbocycles. The van der Waals surface area contributed by atoms with E-state index in [0.29, 0.717) is 34.6 Å². The summed E-state index contributed by atoms with van der Waals surface area (Å²) in [6, 6.07) is 8.85. The number of benzene rings is 1. The first-order chi connectivity index (χ1) is 15.5. The Morgan fingerprint density at radius 3 is 2.62 bits per heavy atom. The van der Waals surface area contributed by atoms with Gasteiger partial charge in [0.2, 0.25) is 11.9 Å². The molecule has 1 spiro atoms. The summed E-state index contributed by atoms with van der Waals surface area (Å²) in [5, 5.41) is 19.3. The number of aliphatic imine (C=N–C) groups is 3. The number of hydrogen-bond donors (Lipinski definition) is 4. The summed E-state index contributed by atoms with van der Waals surface area (Å²) in [7, 11) is 4.71. The van der Waals surface area contributed by atoms with E-state index in [1.54, 1.807) is 51.6 Å². The van der Waals surface area contributed by atoms with E-state index < -0.39 is 11.8 Å². The quantitative estimate of drug-likeness (QED) is 0.421. The Kier molecular flexibility index (Phi) is 5.82. The van der Waals surface area contributed by atoms with Gasteiger partial charge < -0.3 is 35.3 Å². The second-order valence-corrected chi connectivity index (χ2v) is 7.22. The highest BCUT2D eigenvalue weighted by molar-refractivity contribution is 6.07. The second kappa shape index (κ2) is 8.71. The lowest BCUT2D eigenvalue weighted by molar-refractivity contribution is 0.0253. The van der Waals surface area contributed by atoms with Crippen LogP contribution in [0.5, 0.6) is 17.2 Å². The molecule has 0 radical (unpaired) electrons. The zero-order chi connectivity index (χ0) is 22.7. The van der Waals surface area contributed by atoms with E-state index in [1.807, 2.05) is 0 Å². The van der Waals surface area contributed by atoms with E-state index in [1.165, 1.54) is 0 Å². The van der Waals surface area contributed by atoms with Gasteiger partial charge in [-0.2, -0.15) is 4.99 Å². The van der Waals surface area contributed by atoms with Gasteiger partial charge in [-0.3, -0.25) is 4.99 Å². The van der Waals surface area contributed by atoms with E-state index in [4.69, 9.17) is 14.2 Å². The van der Waals surface area contributed by atoms with Crippen LogP contribution in [0.1, 0.15) is 12.8 Å². The number of ether oxygens (including phenoxy) is 3. The van der Waals surface area contributed by atoms with Crippen LogP contribution in [0, 0.1) is 0 Å². The van der Waals surface area contributed by atoms with Gasteiger partial charge in [0, 0.05) is 18.8 Å². The highest BCUT2D eigenvalue weighted by atomic mass is 16.5. The lowest BCUT2D eigenvalue weighted by Gasteiger charge is -2.31. The maximum absolute atomic E-state index is 10.2. The molecule has 0 amide bonds. The molecule has 0 bridgehead atoms. The van der Waals surface area contributed by atoms with Crippen molar-refractivity contribution in [3.8, 4) is 17.2 Å². The van der Waals surface area contributed by atoms with E-state index in [9.17, 15) is 5.11 Å². The molecule has 1 aromatic heterocycles.